The van der Waals surface area contributed by atoms with E-state index in [1.807, 2.05) is 48.5 Å². The molecule has 4 rings (SSSR count). The molecule has 0 radical (unpaired) electrons. The van der Waals surface area contributed by atoms with Crippen molar-refractivity contribution < 1.29 is 0 Å². The topological polar surface area (TPSA) is 97.4 Å². The smallest absolute Gasteiger partial charge is 0.191 e. The summed E-state index contributed by atoms with van der Waals surface area (Å²) < 4.78 is 0. The van der Waals surface area contributed by atoms with E-state index >= 15 is 0 Å². The van der Waals surface area contributed by atoms with E-state index in [1.54, 1.807) is 0 Å². The summed E-state index contributed by atoms with van der Waals surface area (Å²) in [6, 6.07) is 26.5. The summed E-state index contributed by atoms with van der Waals surface area (Å²) in [5, 5.41) is 30.0. The Morgan fingerprint density at radius 1 is 0.862 bits per heavy atom. The van der Waals surface area contributed by atoms with Crippen LogP contribution in [-0.4, -0.2) is 0 Å². The van der Waals surface area contributed by atoms with Gasteiger partial charge in [0.2, 0.25) is 0 Å². The number of nitrogens with zero attached hydrogens (tertiary/aromatic N) is 3. The van der Waals surface area contributed by atoms with Crippen molar-refractivity contribution in [3.8, 4) is 18.2 Å². The summed E-state index contributed by atoms with van der Waals surface area (Å²) in [4.78, 5) is 0. The van der Waals surface area contributed by atoms with E-state index in [-0.39, 0.29) is 17.5 Å². The predicted octanol–water partition coefficient (Wildman–Crippen LogP) is 4.67. The molecule has 0 saturated heterocycles. The molecule has 4 nitrogen and oxygen atoms in total. The van der Waals surface area contributed by atoms with E-state index in [2.05, 4.69) is 36.4 Å². The van der Waals surface area contributed by atoms with Crippen molar-refractivity contribution >= 4 is 0 Å². The highest BCUT2D eigenvalue weighted by atomic mass is 14.7. The van der Waals surface area contributed by atoms with E-state index in [9.17, 15) is 15.8 Å². The average molecular weight is 376 g/mol. The molecule has 0 fully saturated rings. The third kappa shape index (κ3) is 2.80. The number of hydrogen-bond acceptors (Lipinski definition) is 4. The molecule has 4 heteroatoms. The molecule has 2 N–H and O–H groups in total. The lowest BCUT2D eigenvalue weighted by Crippen LogP contribution is -2.43. The first-order chi connectivity index (χ1) is 14.2. The number of rotatable bonds is 2. The second-order valence-electron chi connectivity index (χ2n) is 7.67. The van der Waals surface area contributed by atoms with E-state index in [0.29, 0.717) is 5.57 Å². The summed E-state index contributed by atoms with van der Waals surface area (Å²) in [5.41, 5.74) is 8.18. The number of fused-ring (bicyclic) bond motifs is 1. The molecule has 140 valence electrons. The van der Waals surface area contributed by atoms with Crippen LogP contribution in [0.3, 0.4) is 0 Å². The lowest BCUT2D eigenvalue weighted by atomic mass is 9.55. The monoisotopic (exact) mass is 376 g/mol. The molecule has 2 aromatic carbocycles. The van der Waals surface area contributed by atoms with Crippen LogP contribution in [0.5, 0.6) is 0 Å². The van der Waals surface area contributed by atoms with Gasteiger partial charge in [-0.3, -0.25) is 0 Å². The zero-order chi connectivity index (χ0) is 20.4. The van der Waals surface area contributed by atoms with Crippen molar-refractivity contribution in [2.75, 3.05) is 0 Å². The van der Waals surface area contributed by atoms with Crippen LogP contribution >= 0.6 is 0 Å². The van der Waals surface area contributed by atoms with Crippen LogP contribution in [0.25, 0.3) is 0 Å². The van der Waals surface area contributed by atoms with Gasteiger partial charge in [-0.1, -0.05) is 66.7 Å². The quantitative estimate of drug-likeness (QED) is 0.823. The number of benzene rings is 2. The average Bonchev–Trinajstić information content (AvgIpc) is 2.79. The van der Waals surface area contributed by atoms with Crippen LogP contribution in [0, 0.1) is 45.3 Å². The maximum absolute atomic E-state index is 10.1. The van der Waals surface area contributed by atoms with Crippen LogP contribution in [0.15, 0.2) is 83.6 Å². The van der Waals surface area contributed by atoms with Gasteiger partial charge in [0, 0.05) is 5.92 Å². The molecule has 2 aliphatic rings. The molecule has 0 amide bonds. The Labute approximate surface area is 170 Å². The third-order valence-electron chi connectivity index (χ3n) is 6.31. The van der Waals surface area contributed by atoms with Crippen LogP contribution in [0.1, 0.15) is 35.8 Å². The van der Waals surface area contributed by atoms with E-state index in [1.165, 1.54) is 5.56 Å². The second kappa shape index (κ2) is 7.31. The molecule has 0 spiro atoms. The summed E-state index contributed by atoms with van der Waals surface area (Å²) in [5.74, 6) is -0.281. The Bertz CT molecular complexity index is 1090. The molecule has 0 aliphatic heterocycles. The Balaban J connectivity index is 1.93. The molecule has 0 heterocycles. The Hall–Kier alpha value is -3.81. The van der Waals surface area contributed by atoms with Crippen LogP contribution in [-0.2, 0) is 0 Å². The molecule has 2 aliphatic carbocycles. The highest BCUT2D eigenvalue weighted by Crippen LogP contribution is 2.57. The summed E-state index contributed by atoms with van der Waals surface area (Å²) in [6.07, 6.45) is 3.66. The predicted molar refractivity (Wildman–Crippen MR) is 110 cm³/mol. The van der Waals surface area contributed by atoms with Gasteiger partial charge in [-0.15, -0.1) is 0 Å². The molecule has 29 heavy (non-hydrogen) atoms. The fraction of sp³-hybridized carbons (Fsp3) is 0.240. The minimum absolute atomic E-state index is 0.0829. The van der Waals surface area contributed by atoms with Crippen molar-refractivity contribution in [1.82, 2.24) is 0 Å². The van der Waals surface area contributed by atoms with Gasteiger partial charge in [0.05, 0.1) is 23.4 Å². The molecule has 0 unspecified atom stereocenters. The van der Waals surface area contributed by atoms with E-state index in [0.717, 1.165) is 24.0 Å². The highest BCUT2D eigenvalue weighted by molar-refractivity contribution is 5.59. The zero-order valence-corrected chi connectivity index (χ0v) is 15.9. The van der Waals surface area contributed by atoms with Gasteiger partial charge in [0.25, 0.3) is 0 Å². The third-order valence-corrected chi connectivity index (χ3v) is 6.31. The second-order valence-corrected chi connectivity index (χ2v) is 7.67. The van der Waals surface area contributed by atoms with Gasteiger partial charge in [-0.05, 0) is 41.4 Å². The first-order valence-electron chi connectivity index (χ1n) is 9.69. The SMILES string of the molecule is N#CC1=C(N)C(C#N)(C#N)[C@H](c2ccccc2)[C@H]2C[C@H](c3ccccc3)CC=C12. The van der Waals surface area contributed by atoms with Gasteiger partial charge >= 0.3 is 0 Å². The molecule has 3 atom stereocenters. The molecular weight excluding hydrogens is 356 g/mol. The van der Waals surface area contributed by atoms with Crippen molar-refractivity contribution in [3.05, 3.63) is 94.7 Å². The zero-order valence-electron chi connectivity index (χ0n) is 15.9. The fourth-order valence-corrected chi connectivity index (χ4v) is 4.92. The highest BCUT2D eigenvalue weighted by Gasteiger charge is 2.54. The van der Waals surface area contributed by atoms with Gasteiger partial charge < -0.3 is 5.73 Å². The summed E-state index contributed by atoms with van der Waals surface area (Å²) in [6.45, 7) is 0. The first-order valence-corrected chi connectivity index (χ1v) is 9.69. The van der Waals surface area contributed by atoms with Crippen molar-refractivity contribution in [3.63, 3.8) is 0 Å². The number of nitrogens with two attached hydrogens (primary N) is 1. The van der Waals surface area contributed by atoms with Gasteiger partial charge in [-0.2, -0.15) is 15.8 Å². The Morgan fingerprint density at radius 2 is 1.45 bits per heavy atom. The summed E-state index contributed by atoms with van der Waals surface area (Å²) >= 11 is 0. The minimum Gasteiger partial charge on any atom is -0.399 e. The number of hydrogen-bond donors (Lipinski definition) is 1. The van der Waals surface area contributed by atoms with E-state index in [4.69, 9.17) is 5.73 Å². The van der Waals surface area contributed by atoms with Crippen LogP contribution < -0.4 is 5.73 Å². The maximum Gasteiger partial charge on any atom is 0.191 e. The number of nitriles is 3. The van der Waals surface area contributed by atoms with Crippen molar-refractivity contribution in [2.24, 2.45) is 17.1 Å². The first kappa shape index (κ1) is 18.5. The van der Waals surface area contributed by atoms with E-state index < -0.39 is 11.3 Å². The van der Waals surface area contributed by atoms with Gasteiger partial charge in [0.1, 0.15) is 6.07 Å². The van der Waals surface area contributed by atoms with Crippen molar-refractivity contribution in [1.29, 1.82) is 15.8 Å². The lowest BCUT2D eigenvalue weighted by Gasteiger charge is -2.45. The maximum atomic E-state index is 10.1. The largest absolute Gasteiger partial charge is 0.399 e. The Morgan fingerprint density at radius 3 is 2.00 bits per heavy atom. The molecule has 0 aromatic heterocycles. The Kier molecular flexibility index (Phi) is 4.67. The molecule has 0 saturated carbocycles. The molecule has 0 bridgehead atoms. The lowest BCUT2D eigenvalue weighted by molar-refractivity contribution is 0.303. The van der Waals surface area contributed by atoms with Gasteiger partial charge in [-0.25, -0.2) is 0 Å². The fourth-order valence-electron chi connectivity index (χ4n) is 4.92. The standard InChI is InChI=1S/C25H20N4/c26-14-22-20-12-11-19(17-7-3-1-4-8-17)13-21(20)23(18-9-5-2-6-10-18)25(15-27,16-28)24(22)29/h1-10,12,19,21,23H,11,13,29H2/t19-,21+,23-/m1/s1. The van der Waals surface area contributed by atoms with Gasteiger partial charge in [0.15, 0.2) is 5.41 Å². The normalized spacial score (nSPS) is 25.0. The van der Waals surface area contributed by atoms with Crippen LogP contribution in [0.2, 0.25) is 0 Å². The molecule has 2 aromatic rings. The van der Waals surface area contributed by atoms with Crippen LogP contribution in [0.4, 0.5) is 0 Å². The number of allylic oxidation sites excluding steroid dienone is 4. The molecular formula is C25H20N4. The minimum atomic E-state index is -1.56. The van der Waals surface area contributed by atoms with Crippen molar-refractivity contribution in [2.45, 2.75) is 24.7 Å². The summed E-state index contributed by atoms with van der Waals surface area (Å²) in [7, 11) is 0.